The van der Waals surface area contributed by atoms with Gasteiger partial charge in [0.1, 0.15) is 0 Å². The maximum atomic E-state index is 7.00. The first-order valence-electron chi connectivity index (χ1n) is 1.95. The Kier molecular flexibility index (Phi) is 35.2. The van der Waals surface area contributed by atoms with Crippen LogP contribution in [0.4, 0.5) is 0 Å². The largest absolute Gasteiger partial charge is 1.00 e. The Morgan fingerprint density at radius 2 is 1.00 bits per heavy atom. The molecule has 7 heavy (non-hydrogen) atoms. The van der Waals surface area contributed by atoms with Crippen molar-refractivity contribution in [3.63, 3.8) is 0 Å². The predicted octanol–water partition coefficient (Wildman–Crippen LogP) is -2.02. The molecule has 1 N–H and O–H groups in total. The molecule has 0 saturated heterocycles. The summed E-state index contributed by atoms with van der Waals surface area (Å²) in [4.78, 5) is 0. The summed E-state index contributed by atoms with van der Waals surface area (Å²) >= 11 is 0. The SMILES string of the molecule is CO.C[Si-](C)C.[Na+]. The zero-order valence-electron chi connectivity index (χ0n) is 5.95. The van der Waals surface area contributed by atoms with Crippen LogP contribution in [-0.2, 0) is 0 Å². The average molecular weight is 128 g/mol. The van der Waals surface area contributed by atoms with E-state index in [-0.39, 0.29) is 38.4 Å². The number of hydrogen-bond acceptors (Lipinski definition) is 1. The smallest absolute Gasteiger partial charge is 0.400 e. The molecule has 0 unspecified atom stereocenters. The summed E-state index contributed by atoms with van der Waals surface area (Å²) in [5.41, 5.74) is 0. The van der Waals surface area contributed by atoms with Gasteiger partial charge in [-0.2, -0.15) is 19.6 Å². The van der Waals surface area contributed by atoms with Gasteiger partial charge in [-0.15, -0.1) is 0 Å². The van der Waals surface area contributed by atoms with Gasteiger partial charge >= 0.3 is 29.6 Å². The van der Waals surface area contributed by atoms with Gasteiger partial charge in [-0.3, -0.25) is 8.80 Å². The van der Waals surface area contributed by atoms with E-state index < -0.39 is 0 Å². The summed E-state index contributed by atoms with van der Waals surface area (Å²) in [6.45, 7) is 6.81. The number of aliphatic hydroxyl groups is 1. The molecule has 0 fully saturated rings. The van der Waals surface area contributed by atoms with Crippen LogP contribution in [0.5, 0.6) is 0 Å². The minimum absolute atomic E-state index is 0. The molecule has 0 aromatic rings. The van der Waals surface area contributed by atoms with Crippen molar-refractivity contribution in [2.75, 3.05) is 7.11 Å². The van der Waals surface area contributed by atoms with Crippen LogP contribution in [0.15, 0.2) is 0 Å². The molecule has 0 rings (SSSR count). The van der Waals surface area contributed by atoms with E-state index in [9.17, 15) is 0 Å². The van der Waals surface area contributed by atoms with Crippen LogP contribution >= 0.6 is 0 Å². The maximum Gasteiger partial charge on any atom is 1.00 e. The van der Waals surface area contributed by atoms with E-state index >= 15 is 0 Å². The van der Waals surface area contributed by atoms with Crippen molar-refractivity contribution in [3.8, 4) is 0 Å². The van der Waals surface area contributed by atoms with Gasteiger partial charge in [0.15, 0.2) is 0 Å². The molecule has 0 amide bonds. The van der Waals surface area contributed by atoms with Crippen LogP contribution in [-0.4, -0.2) is 21.0 Å². The fourth-order valence-electron chi connectivity index (χ4n) is 0. The molecule has 3 heteroatoms. The van der Waals surface area contributed by atoms with Gasteiger partial charge in [0.25, 0.3) is 0 Å². The molecule has 0 aliphatic rings. The van der Waals surface area contributed by atoms with Gasteiger partial charge in [0, 0.05) is 7.11 Å². The molecule has 0 bridgehead atoms. The number of hydrogen-bond donors (Lipinski definition) is 1. The third kappa shape index (κ3) is 139. The van der Waals surface area contributed by atoms with Crippen LogP contribution in [0.3, 0.4) is 0 Å². The predicted molar refractivity (Wildman–Crippen MR) is 31.5 cm³/mol. The first kappa shape index (κ1) is 15.7. The average Bonchev–Trinajstić information content (AvgIpc) is 1.41. The van der Waals surface area contributed by atoms with Crippen LogP contribution in [0.25, 0.3) is 0 Å². The third-order valence-corrected chi connectivity index (χ3v) is 0. The molecule has 0 aromatic heterocycles. The Morgan fingerprint density at radius 1 is 1.00 bits per heavy atom. The molecule has 0 heterocycles. The topological polar surface area (TPSA) is 20.2 Å². The van der Waals surface area contributed by atoms with Crippen LogP contribution < -0.4 is 29.6 Å². The Bertz CT molecular complexity index is 16.4. The van der Waals surface area contributed by atoms with E-state index in [0.717, 1.165) is 7.11 Å². The number of rotatable bonds is 0. The summed E-state index contributed by atoms with van der Waals surface area (Å²) in [6, 6.07) is 0. The van der Waals surface area contributed by atoms with Gasteiger partial charge in [0.2, 0.25) is 0 Å². The Balaban J connectivity index is -0.0000000480. The second kappa shape index (κ2) is 15.7. The van der Waals surface area contributed by atoms with E-state index in [1.165, 1.54) is 0 Å². The van der Waals surface area contributed by atoms with Gasteiger partial charge in [-0.05, 0) is 0 Å². The Morgan fingerprint density at radius 3 is 1.00 bits per heavy atom. The van der Waals surface area contributed by atoms with E-state index in [2.05, 4.69) is 19.6 Å². The van der Waals surface area contributed by atoms with Gasteiger partial charge in [-0.1, -0.05) is 0 Å². The van der Waals surface area contributed by atoms with Crippen molar-refractivity contribution in [1.82, 2.24) is 0 Å². The first-order valence-corrected chi connectivity index (χ1v) is 4.95. The Hall–Kier alpha value is 1.18. The molecule has 0 spiro atoms. The fraction of sp³-hybridized carbons (Fsp3) is 1.00. The summed E-state index contributed by atoms with van der Waals surface area (Å²) < 4.78 is 0. The van der Waals surface area contributed by atoms with Crippen molar-refractivity contribution in [2.24, 2.45) is 0 Å². The van der Waals surface area contributed by atoms with Gasteiger partial charge in [0.05, 0.1) is 0 Å². The molecule has 0 aliphatic carbocycles. The first-order chi connectivity index (χ1) is 2.73. The standard InChI is InChI=1S/C3H9Si.CH4O.Na/c1-4(2)3;1-2;/h1-3H3;2H,1H3;/q-1;;+1. The molecule has 1 nitrogen and oxygen atoms in total. The summed E-state index contributed by atoms with van der Waals surface area (Å²) in [6.07, 6.45) is 0. The fourth-order valence-corrected chi connectivity index (χ4v) is 0. The second-order valence-corrected chi connectivity index (χ2v) is 4.50. The molecule has 0 aromatic carbocycles. The minimum Gasteiger partial charge on any atom is -0.400 e. The molecule has 40 valence electrons. The third-order valence-electron chi connectivity index (χ3n) is 0. The van der Waals surface area contributed by atoms with Crippen molar-refractivity contribution < 1.29 is 34.7 Å². The molecular weight excluding hydrogens is 115 g/mol. The van der Waals surface area contributed by atoms with Crippen molar-refractivity contribution >= 4 is 8.80 Å². The number of aliphatic hydroxyl groups excluding tert-OH is 1. The van der Waals surface area contributed by atoms with Crippen molar-refractivity contribution in [3.05, 3.63) is 0 Å². The van der Waals surface area contributed by atoms with Crippen LogP contribution in [0.2, 0.25) is 19.6 Å². The van der Waals surface area contributed by atoms with E-state index in [1.54, 1.807) is 0 Å². The summed E-state index contributed by atoms with van der Waals surface area (Å²) in [5, 5.41) is 7.00. The van der Waals surface area contributed by atoms with Gasteiger partial charge in [-0.25, -0.2) is 0 Å². The van der Waals surface area contributed by atoms with E-state index in [1.807, 2.05) is 0 Å². The summed E-state index contributed by atoms with van der Waals surface area (Å²) in [7, 11) is 1.12. The summed E-state index contributed by atoms with van der Waals surface area (Å²) in [5.74, 6) is 0. The second-order valence-electron chi connectivity index (χ2n) is 1.50. The van der Waals surface area contributed by atoms with Crippen LogP contribution in [0.1, 0.15) is 0 Å². The Labute approximate surface area is 70.0 Å². The minimum atomic E-state index is 0. The molecule has 0 aliphatic heterocycles. The van der Waals surface area contributed by atoms with Crippen LogP contribution in [0, 0.1) is 0 Å². The molecule has 0 radical (unpaired) electrons. The quantitative estimate of drug-likeness (QED) is 0.374. The maximum absolute atomic E-state index is 7.00. The molecule has 0 atom stereocenters. The van der Waals surface area contributed by atoms with E-state index in [0.29, 0.717) is 0 Å². The van der Waals surface area contributed by atoms with Crippen molar-refractivity contribution in [1.29, 1.82) is 0 Å². The molecular formula is C4H13NaOSi. The molecule has 0 saturated carbocycles. The van der Waals surface area contributed by atoms with E-state index in [4.69, 9.17) is 5.11 Å². The van der Waals surface area contributed by atoms with Crippen molar-refractivity contribution in [2.45, 2.75) is 19.6 Å². The zero-order chi connectivity index (χ0) is 5.58. The normalized spacial score (nSPS) is 6.00. The zero-order valence-corrected chi connectivity index (χ0v) is 8.95. The van der Waals surface area contributed by atoms with Gasteiger partial charge < -0.3 is 5.11 Å². The monoisotopic (exact) mass is 128 g/mol.